The summed E-state index contributed by atoms with van der Waals surface area (Å²) in [7, 11) is 0. The SMILES string of the molecule is O=[N+]([O-])c1ccc(-c2noc(C3CC(O)CN3)n2)cc1. The number of β-amino-alcohol motifs (C(OH)–C–C–N with tert-alkyl or cyclic N) is 1. The monoisotopic (exact) mass is 276 g/mol. The van der Waals surface area contributed by atoms with E-state index in [9.17, 15) is 15.2 Å². The molecule has 104 valence electrons. The molecule has 2 unspecified atom stereocenters. The number of aliphatic hydroxyl groups is 1. The number of aromatic nitrogens is 2. The van der Waals surface area contributed by atoms with Gasteiger partial charge in [0.2, 0.25) is 11.7 Å². The minimum atomic E-state index is -0.463. The molecule has 0 saturated carbocycles. The van der Waals surface area contributed by atoms with Crippen LogP contribution in [0, 0.1) is 10.1 Å². The normalized spacial score (nSPS) is 22.1. The van der Waals surface area contributed by atoms with E-state index in [2.05, 4.69) is 15.5 Å². The topological polar surface area (TPSA) is 114 Å². The lowest BCUT2D eigenvalue weighted by atomic mass is 10.2. The van der Waals surface area contributed by atoms with Crippen molar-refractivity contribution >= 4 is 5.69 Å². The number of benzene rings is 1. The molecular formula is C12H12N4O4. The summed E-state index contributed by atoms with van der Waals surface area (Å²) >= 11 is 0. The summed E-state index contributed by atoms with van der Waals surface area (Å²) in [6, 6.07) is 5.78. The van der Waals surface area contributed by atoms with Crippen molar-refractivity contribution in [2.24, 2.45) is 0 Å². The standard InChI is InChI=1S/C12H12N4O4/c17-9-5-10(13-6-9)12-14-11(15-20-12)7-1-3-8(4-2-7)16(18)19/h1-4,9-10,13,17H,5-6H2. The molecule has 0 amide bonds. The van der Waals surface area contributed by atoms with E-state index in [-0.39, 0.29) is 11.7 Å². The van der Waals surface area contributed by atoms with Crippen LogP contribution in [-0.4, -0.2) is 32.8 Å². The maximum Gasteiger partial charge on any atom is 0.269 e. The van der Waals surface area contributed by atoms with Crippen LogP contribution in [0.4, 0.5) is 5.69 Å². The van der Waals surface area contributed by atoms with Gasteiger partial charge in [0, 0.05) is 24.2 Å². The Bertz CT molecular complexity index is 625. The Morgan fingerprint density at radius 2 is 2.15 bits per heavy atom. The van der Waals surface area contributed by atoms with Crippen LogP contribution in [0.2, 0.25) is 0 Å². The number of hydrogen-bond acceptors (Lipinski definition) is 7. The third-order valence-corrected chi connectivity index (χ3v) is 3.18. The van der Waals surface area contributed by atoms with E-state index in [1.165, 1.54) is 12.1 Å². The fourth-order valence-electron chi connectivity index (χ4n) is 2.13. The molecule has 2 atom stereocenters. The molecule has 0 radical (unpaired) electrons. The molecule has 20 heavy (non-hydrogen) atoms. The molecule has 0 spiro atoms. The van der Waals surface area contributed by atoms with Crippen molar-refractivity contribution < 1.29 is 14.6 Å². The predicted octanol–water partition coefficient (Wildman–Crippen LogP) is 1.04. The minimum Gasteiger partial charge on any atom is -0.392 e. The number of nitrogens with one attached hydrogen (secondary N) is 1. The first-order valence-electron chi connectivity index (χ1n) is 6.13. The average molecular weight is 276 g/mol. The molecule has 1 fully saturated rings. The second kappa shape index (κ2) is 4.99. The van der Waals surface area contributed by atoms with Crippen molar-refractivity contribution in [2.75, 3.05) is 6.54 Å². The quantitative estimate of drug-likeness (QED) is 0.635. The van der Waals surface area contributed by atoms with Crippen molar-refractivity contribution in [3.05, 3.63) is 40.3 Å². The third kappa shape index (κ3) is 2.38. The molecule has 1 aliphatic rings. The van der Waals surface area contributed by atoms with Gasteiger partial charge in [-0.05, 0) is 18.6 Å². The van der Waals surface area contributed by atoms with Gasteiger partial charge in [0.15, 0.2) is 0 Å². The molecule has 0 bridgehead atoms. The number of hydrogen-bond donors (Lipinski definition) is 2. The lowest BCUT2D eigenvalue weighted by Crippen LogP contribution is -2.15. The van der Waals surface area contributed by atoms with Crippen molar-refractivity contribution in [3.8, 4) is 11.4 Å². The summed E-state index contributed by atoms with van der Waals surface area (Å²) in [5, 5.41) is 27.0. The maximum atomic E-state index is 10.6. The Morgan fingerprint density at radius 1 is 1.40 bits per heavy atom. The lowest BCUT2D eigenvalue weighted by Gasteiger charge is -2.01. The van der Waals surface area contributed by atoms with Gasteiger partial charge in [0.05, 0.1) is 17.1 Å². The summed E-state index contributed by atoms with van der Waals surface area (Å²) in [4.78, 5) is 14.4. The average Bonchev–Trinajstić information content (AvgIpc) is 3.07. The van der Waals surface area contributed by atoms with Gasteiger partial charge < -0.3 is 14.9 Å². The fraction of sp³-hybridized carbons (Fsp3) is 0.333. The van der Waals surface area contributed by atoms with Crippen LogP contribution in [0.25, 0.3) is 11.4 Å². The summed E-state index contributed by atoms with van der Waals surface area (Å²) in [6.07, 6.45) is 0.122. The molecule has 0 aliphatic carbocycles. The Morgan fingerprint density at radius 3 is 2.75 bits per heavy atom. The van der Waals surface area contributed by atoms with E-state index in [0.717, 1.165) is 0 Å². The molecule has 2 heterocycles. The van der Waals surface area contributed by atoms with Crippen LogP contribution in [0.1, 0.15) is 18.4 Å². The van der Waals surface area contributed by atoms with E-state index in [1.807, 2.05) is 0 Å². The predicted molar refractivity (Wildman–Crippen MR) is 67.8 cm³/mol. The number of nitro benzene ring substituents is 1. The van der Waals surface area contributed by atoms with Gasteiger partial charge in [-0.3, -0.25) is 10.1 Å². The summed E-state index contributed by atoms with van der Waals surface area (Å²) in [5.41, 5.74) is 0.655. The second-order valence-electron chi connectivity index (χ2n) is 4.61. The van der Waals surface area contributed by atoms with E-state index in [1.54, 1.807) is 12.1 Å². The molecule has 2 aromatic rings. The Labute approximate surface area is 113 Å². The van der Waals surface area contributed by atoms with Gasteiger partial charge in [0.1, 0.15) is 0 Å². The number of non-ortho nitro benzene ring substituents is 1. The zero-order chi connectivity index (χ0) is 14.1. The second-order valence-corrected chi connectivity index (χ2v) is 4.61. The molecule has 2 N–H and O–H groups in total. The third-order valence-electron chi connectivity index (χ3n) is 3.18. The molecule has 8 heteroatoms. The zero-order valence-electron chi connectivity index (χ0n) is 10.4. The molecule has 8 nitrogen and oxygen atoms in total. The van der Waals surface area contributed by atoms with Crippen LogP contribution in [0.3, 0.4) is 0 Å². The van der Waals surface area contributed by atoms with Gasteiger partial charge in [-0.25, -0.2) is 0 Å². The zero-order valence-corrected chi connectivity index (χ0v) is 10.4. The first-order valence-corrected chi connectivity index (χ1v) is 6.13. The summed E-state index contributed by atoms with van der Waals surface area (Å²) in [5.74, 6) is 0.785. The van der Waals surface area contributed by atoms with Crippen molar-refractivity contribution in [3.63, 3.8) is 0 Å². The smallest absolute Gasteiger partial charge is 0.269 e. The summed E-state index contributed by atoms with van der Waals surface area (Å²) in [6.45, 7) is 0.500. The van der Waals surface area contributed by atoms with Crippen molar-refractivity contribution in [1.29, 1.82) is 0 Å². The van der Waals surface area contributed by atoms with Crippen molar-refractivity contribution in [1.82, 2.24) is 15.5 Å². The highest BCUT2D eigenvalue weighted by Gasteiger charge is 2.28. The fourth-order valence-corrected chi connectivity index (χ4v) is 2.13. The van der Waals surface area contributed by atoms with Gasteiger partial charge in [-0.1, -0.05) is 5.16 Å². The summed E-state index contributed by atoms with van der Waals surface area (Å²) < 4.78 is 5.16. The molecule has 1 saturated heterocycles. The molecule has 1 aliphatic heterocycles. The lowest BCUT2D eigenvalue weighted by molar-refractivity contribution is -0.384. The Hall–Kier alpha value is -2.32. The van der Waals surface area contributed by atoms with Gasteiger partial charge in [-0.2, -0.15) is 4.98 Å². The van der Waals surface area contributed by atoms with Gasteiger partial charge in [0.25, 0.3) is 5.69 Å². The maximum absolute atomic E-state index is 10.6. The van der Waals surface area contributed by atoms with Crippen LogP contribution in [0.15, 0.2) is 28.8 Å². The minimum absolute atomic E-state index is 0.0121. The Balaban J connectivity index is 1.81. The molecular weight excluding hydrogens is 264 g/mol. The highest BCUT2D eigenvalue weighted by Crippen LogP contribution is 2.25. The largest absolute Gasteiger partial charge is 0.392 e. The molecule has 3 rings (SSSR count). The Kier molecular flexibility index (Phi) is 3.17. The number of nitro groups is 1. The highest BCUT2D eigenvalue weighted by molar-refractivity contribution is 5.56. The van der Waals surface area contributed by atoms with E-state index in [0.29, 0.717) is 30.2 Å². The first kappa shape index (κ1) is 12.7. The number of rotatable bonds is 3. The van der Waals surface area contributed by atoms with Crippen LogP contribution >= 0.6 is 0 Å². The number of aliphatic hydroxyl groups excluding tert-OH is 1. The van der Waals surface area contributed by atoms with E-state index in [4.69, 9.17) is 4.52 Å². The van der Waals surface area contributed by atoms with Crippen LogP contribution < -0.4 is 5.32 Å². The van der Waals surface area contributed by atoms with Crippen molar-refractivity contribution in [2.45, 2.75) is 18.6 Å². The van der Waals surface area contributed by atoms with Gasteiger partial charge >= 0.3 is 0 Å². The van der Waals surface area contributed by atoms with E-state index < -0.39 is 11.0 Å². The number of nitrogens with zero attached hydrogens (tertiary/aromatic N) is 3. The molecule has 1 aromatic heterocycles. The first-order chi connectivity index (χ1) is 9.63. The van der Waals surface area contributed by atoms with Crippen LogP contribution in [-0.2, 0) is 0 Å². The van der Waals surface area contributed by atoms with Crippen LogP contribution in [0.5, 0.6) is 0 Å². The van der Waals surface area contributed by atoms with E-state index >= 15 is 0 Å². The highest BCUT2D eigenvalue weighted by atomic mass is 16.6. The molecule has 1 aromatic carbocycles. The van der Waals surface area contributed by atoms with Gasteiger partial charge in [-0.15, -0.1) is 0 Å².